The molecular formula is C21H34O3. The van der Waals surface area contributed by atoms with Crippen molar-refractivity contribution in [3.8, 4) is 0 Å². The minimum atomic E-state index is -0.299. The molecule has 9 atom stereocenters. The van der Waals surface area contributed by atoms with E-state index in [1.54, 1.807) is 0 Å². The molecule has 0 spiro atoms. The van der Waals surface area contributed by atoms with Gasteiger partial charge in [-0.25, -0.2) is 0 Å². The molecule has 0 aromatic heterocycles. The summed E-state index contributed by atoms with van der Waals surface area (Å²) in [6.45, 7) is 6.72. The Bertz CT molecular complexity index is 543. The molecule has 0 aromatic rings. The van der Waals surface area contributed by atoms with Gasteiger partial charge in [-0.15, -0.1) is 0 Å². The fraction of sp³-hybridized carbons (Fsp3) is 0.905. The molecule has 3 heteroatoms. The molecule has 0 aliphatic heterocycles. The maximum atomic E-state index is 11.2. The van der Waals surface area contributed by atoms with Gasteiger partial charge in [-0.3, -0.25) is 0 Å². The van der Waals surface area contributed by atoms with Gasteiger partial charge in [-0.2, -0.15) is 0 Å². The second-order valence-electron chi connectivity index (χ2n) is 9.61. The molecule has 4 fully saturated rings. The number of aliphatic hydroxyl groups excluding tert-OH is 3. The zero-order valence-corrected chi connectivity index (χ0v) is 15.4. The van der Waals surface area contributed by atoms with Gasteiger partial charge in [0.25, 0.3) is 0 Å². The Hall–Kier alpha value is -0.380. The molecule has 3 N–H and O–H groups in total. The van der Waals surface area contributed by atoms with E-state index in [1.807, 2.05) is 0 Å². The van der Waals surface area contributed by atoms with Crippen LogP contribution in [0.5, 0.6) is 0 Å². The largest absolute Gasteiger partial charge is 0.393 e. The second-order valence-corrected chi connectivity index (χ2v) is 9.61. The van der Waals surface area contributed by atoms with Crippen LogP contribution in [0, 0.1) is 34.5 Å². The summed E-state index contributed by atoms with van der Waals surface area (Å²) in [5.41, 5.74) is 1.43. The van der Waals surface area contributed by atoms with Crippen LogP contribution in [0.15, 0.2) is 11.6 Å². The topological polar surface area (TPSA) is 60.7 Å². The lowest BCUT2D eigenvalue weighted by molar-refractivity contribution is -0.191. The van der Waals surface area contributed by atoms with Crippen molar-refractivity contribution >= 4 is 0 Å². The number of rotatable bonds is 0. The van der Waals surface area contributed by atoms with Gasteiger partial charge in [-0.1, -0.05) is 25.5 Å². The third-order valence-corrected chi connectivity index (χ3v) is 8.96. The van der Waals surface area contributed by atoms with E-state index in [-0.39, 0.29) is 29.1 Å². The van der Waals surface area contributed by atoms with Crippen molar-refractivity contribution in [1.29, 1.82) is 0 Å². The Balaban J connectivity index is 1.73. The van der Waals surface area contributed by atoms with E-state index in [0.717, 1.165) is 44.9 Å². The number of fused-ring (bicyclic) bond motifs is 5. The molecule has 0 amide bonds. The zero-order valence-electron chi connectivity index (χ0n) is 15.4. The van der Waals surface area contributed by atoms with Crippen molar-refractivity contribution in [1.82, 2.24) is 0 Å². The molecule has 136 valence electrons. The fourth-order valence-corrected chi connectivity index (χ4v) is 7.49. The predicted molar refractivity (Wildman–Crippen MR) is 94.3 cm³/mol. The van der Waals surface area contributed by atoms with Crippen molar-refractivity contribution in [3.63, 3.8) is 0 Å². The van der Waals surface area contributed by atoms with Crippen LogP contribution in [0.3, 0.4) is 0 Å². The van der Waals surface area contributed by atoms with Crippen LogP contribution in [0.25, 0.3) is 0 Å². The zero-order chi connectivity index (χ0) is 17.3. The van der Waals surface area contributed by atoms with Crippen LogP contribution in [0.4, 0.5) is 0 Å². The molecule has 24 heavy (non-hydrogen) atoms. The summed E-state index contributed by atoms with van der Waals surface area (Å²) in [5.74, 6) is 1.50. The highest BCUT2D eigenvalue weighted by Crippen LogP contribution is 2.67. The number of hydrogen-bond donors (Lipinski definition) is 3. The highest BCUT2D eigenvalue weighted by molar-refractivity contribution is 5.26. The molecule has 0 bridgehead atoms. The van der Waals surface area contributed by atoms with Crippen LogP contribution in [0.2, 0.25) is 0 Å². The minimum absolute atomic E-state index is 0.145. The second kappa shape index (κ2) is 5.56. The lowest BCUT2D eigenvalue weighted by Gasteiger charge is -2.62. The standard InChI is InChI=1S/C21H34O3/c1-4-12-5-6-15-19-16(11-18(24)21(12,15)3)20(2)8-7-14(22)9-13(20)10-17(19)23/h4,13-19,22-24H,5-11H2,1-3H3/b12-4-/t13-,14+,15?,16?,17?,18-,19?,20-,21+/m0/s1. The summed E-state index contributed by atoms with van der Waals surface area (Å²) < 4.78 is 0. The Kier molecular flexibility index (Phi) is 3.95. The molecule has 3 nitrogen and oxygen atoms in total. The maximum absolute atomic E-state index is 11.2. The van der Waals surface area contributed by atoms with Gasteiger partial charge in [0.1, 0.15) is 0 Å². The highest BCUT2D eigenvalue weighted by Gasteiger charge is 2.64. The van der Waals surface area contributed by atoms with Crippen LogP contribution < -0.4 is 0 Å². The van der Waals surface area contributed by atoms with E-state index in [4.69, 9.17) is 0 Å². The molecule has 0 saturated heterocycles. The average Bonchev–Trinajstić information content (AvgIpc) is 2.88. The fourth-order valence-electron chi connectivity index (χ4n) is 7.49. The van der Waals surface area contributed by atoms with Gasteiger partial charge in [0.2, 0.25) is 0 Å². The van der Waals surface area contributed by atoms with Gasteiger partial charge < -0.3 is 15.3 Å². The third kappa shape index (κ3) is 2.07. The van der Waals surface area contributed by atoms with Gasteiger partial charge in [0.15, 0.2) is 0 Å². The van der Waals surface area contributed by atoms with Crippen molar-refractivity contribution in [3.05, 3.63) is 11.6 Å². The molecule has 4 aliphatic rings. The smallest absolute Gasteiger partial charge is 0.0636 e. The van der Waals surface area contributed by atoms with E-state index >= 15 is 0 Å². The predicted octanol–water partition coefficient (Wildman–Crippen LogP) is 3.28. The summed E-state index contributed by atoms with van der Waals surface area (Å²) >= 11 is 0. The number of hydrogen-bond acceptors (Lipinski definition) is 3. The van der Waals surface area contributed by atoms with Gasteiger partial charge >= 0.3 is 0 Å². The van der Waals surface area contributed by atoms with Crippen LogP contribution in [-0.2, 0) is 0 Å². The number of aliphatic hydroxyl groups is 3. The minimum Gasteiger partial charge on any atom is -0.393 e. The quantitative estimate of drug-likeness (QED) is 0.596. The van der Waals surface area contributed by atoms with E-state index in [1.165, 1.54) is 5.57 Å². The van der Waals surface area contributed by atoms with E-state index in [0.29, 0.717) is 23.7 Å². The first-order valence-corrected chi connectivity index (χ1v) is 10.0. The van der Waals surface area contributed by atoms with Crippen molar-refractivity contribution in [2.75, 3.05) is 0 Å². The van der Waals surface area contributed by atoms with Crippen LogP contribution in [-0.4, -0.2) is 33.6 Å². The Labute approximate surface area is 146 Å². The van der Waals surface area contributed by atoms with Crippen LogP contribution in [0.1, 0.15) is 65.7 Å². The van der Waals surface area contributed by atoms with Gasteiger partial charge in [0, 0.05) is 5.41 Å². The normalized spacial score (nSPS) is 58.9. The summed E-state index contributed by atoms with van der Waals surface area (Å²) in [4.78, 5) is 0. The van der Waals surface area contributed by atoms with Gasteiger partial charge in [0.05, 0.1) is 18.3 Å². The molecule has 4 rings (SSSR count). The van der Waals surface area contributed by atoms with E-state index in [9.17, 15) is 15.3 Å². The average molecular weight is 334 g/mol. The molecule has 4 aliphatic carbocycles. The molecule has 0 aromatic carbocycles. The summed E-state index contributed by atoms with van der Waals surface area (Å²) in [5, 5.41) is 32.3. The number of allylic oxidation sites excluding steroid dienone is 1. The molecule has 0 heterocycles. The third-order valence-electron chi connectivity index (χ3n) is 8.96. The first-order valence-electron chi connectivity index (χ1n) is 10.0. The Morgan fingerprint density at radius 3 is 2.46 bits per heavy atom. The first kappa shape index (κ1) is 17.1. The van der Waals surface area contributed by atoms with Crippen molar-refractivity contribution in [2.24, 2.45) is 34.5 Å². The molecule has 4 unspecified atom stereocenters. The molecule has 4 saturated carbocycles. The summed E-state index contributed by atoms with van der Waals surface area (Å²) in [6.07, 6.45) is 8.01. The first-order chi connectivity index (χ1) is 11.3. The highest BCUT2D eigenvalue weighted by atomic mass is 16.3. The Morgan fingerprint density at radius 1 is 1.00 bits per heavy atom. The van der Waals surface area contributed by atoms with Crippen molar-refractivity contribution in [2.45, 2.75) is 84.0 Å². The Morgan fingerprint density at radius 2 is 1.75 bits per heavy atom. The van der Waals surface area contributed by atoms with Gasteiger partial charge in [-0.05, 0) is 81.0 Å². The SMILES string of the molecule is C/C=C1/CCC2C3C(O)C[C@@H]4C[C@H](O)CC[C@]4(C)C3C[C@H](O)[C@]12C. The van der Waals surface area contributed by atoms with Crippen molar-refractivity contribution < 1.29 is 15.3 Å². The molecular weight excluding hydrogens is 300 g/mol. The van der Waals surface area contributed by atoms with E-state index in [2.05, 4.69) is 26.8 Å². The lowest BCUT2D eigenvalue weighted by atomic mass is 9.43. The molecule has 0 radical (unpaired) electrons. The monoisotopic (exact) mass is 334 g/mol. The summed E-state index contributed by atoms with van der Waals surface area (Å²) in [7, 11) is 0. The summed E-state index contributed by atoms with van der Waals surface area (Å²) in [6, 6.07) is 0. The van der Waals surface area contributed by atoms with Crippen LogP contribution >= 0.6 is 0 Å². The maximum Gasteiger partial charge on any atom is 0.0636 e. The lowest BCUT2D eigenvalue weighted by Crippen LogP contribution is -2.61. The van der Waals surface area contributed by atoms with E-state index < -0.39 is 0 Å².